The molecule has 2 heteroatoms. The van der Waals surface area contributed by atoms with E-state index in [2.05, 4.69) is 48.6 Å². The second-order valence-corrected chi connectivity index (χ2v) is 5.30. The van der Waals surface area contributed by atoms with Crippen LogP contribution in [0.25, 0.3) is 11.1 Å². The van der Waals surface area contributed by atoms with Crippen LogP contribution in [0.4, 0.5) is 5.00 Å². The number of aryl methyl sites for hydroxylation is 1. The quantitative estimate of drug-likeness (QED) is 0.798. The van der Waals surface area contributed by atoms with Gasteiger partial charge in [-0.1, -0.05) is 43.7 Å². The van der Waals surface area contributed by atoms with Gasteiger partial charge in [0.15, 0.2) is 0 Å². The lowest BCUT2D eigenvalue weighted by atomic mass is 10.0. The highest BCUT2D eigenvalue weighted by Crippen LogP contribution is 2.35. The molecule has 0 amide bonds. The summed E-state index contributed by atoms with van der Waals surface area (Å²) in [7, 11) is 1.99. The van der Waals surface area contributed by atoms with E-state index in [9.17, 15) is 0 Å². The summed E-state index contributed by atoms with van der Waals surface area (Å²) in [6, 6.07) is 12.9. The van der Waals surface area contributed by atoms with Crippen LogP contribution in [0.5, 0.6) is 0 Å². The molecule has 17 heavy (non-hydrogen) atoms. The SMILES string of the molecule is CCCCc1sc(NC)cc1-c1ccccc1. The maximum Gasteiger partial charge on any atom is 0.0889 e. The maximum absolute atomic E-state index is 3.25. The Hall–Kier alpha value is -1.28. The average molecular weight is 245 g/mol. The van der Waals surface area contributed by atoms with E-state index >= 15 is 0 Å². The Morgan fingerprint density at radius 1 is 1.18 bits per heavy atom. The lowest BCUT2D eigenvalue weighted by molar-refractivity contribution is 0.805. The minimum Gasteiger partial charge on any atom is -0.380 e. The predicted octanol–water partition coefficient (Wildman–Crippen LogP) is 4.80. The van der Waals surface area contributed by atoms with Crippen LogP contribution in [0.1, 0.15) is 24.6 Å². The van der Waals surface area contributed by atoms with Gasteiger partial charge < -0.3 is 5.32 Å². The smallest absolute Gasteiger partial charge is 0.0889 e. The molecule has 0 atom stereocenters. The van der Waals surface area contributed by atoms with Gasteiger partial charge in [-0.15, -0.1) is 11.3 Å². The third-order valence-electron chi connectivity index (χ3n) is 2.90. The van der Waals surface area contributed by atoms with Crippen molar-refractivity contribution in [3.05, 3.63) is 41.3 Å². The van der Waals surface area contributed by atoms with E-state index in [1.165, 1.54) is 40.3 Å². The standard InChI is InChI=1S/C15H19NS/c1-3-4-10-14-13(11-15(16-2)17-14)12-8-6-5-7-9-12/h5-9,11,16H,3-4,10H2,1-2H3. The van der Waals surface area contributed by atoms with Crippen LogP contribution < -0.4 is 5.32 Å². The van der Waals surface area contributed by atoms with Crippen LogP contribution in [0, 0.1) is 0 Å². The molecular weight excluding hydrogens is 226 g/mol. The van der Waals surface area contributed by atoms with Gasteiger partial charge in [0.25, 0.3) is 0 Å². The summed E-state index contributed by atoms with van der Waals surface area (Å²) in [6.45, 7) is 2.24. The number of rotatable bonds is 5. The van der Waals surface area contributed by atoms with Gasteiger partial charge >= 0.3 is 0 Å². The lowest BCUT2D eigenvalue weighted by Crippen LogP contribution is -1.83. The largest absolute Gasteiger partial charge is 0.380 e. The molecular formula is C15H19NS. The van der Waals surface area contributed by atoms with Crippen LogP contribution in [-0.2, 0) is 6.42 Å². The summed E-state index contributed by atoms with van der Waals surface area (Å²) < 4.78 is 0. The number of thiophene rings is 1. The van der Waals surface area contributed by atoms with Gasteiger partial charge in [0.2, 0.25) is 0 Å². The van der Waals surface area contributed by atoms with Gasteiger partial charge in [0.05, 0.1) is 5.00 Å². The maximum atomic E-state index is 3.25. The van der Waals surface area contributed by atoms with Crippen molar-refractivity contribution in [2.24, 2.45) is 0 Å². The zero-order valence-corrected chi connectivity index (χ0v) is 11.3. The fraction of sp³-hybridized carbons (Fsp3) is 0.333. The van der Waals surface area contributed by atoms with Gasteiger partial charge in [-0.2, -0.15) is 0 Å². The fourth-order valence-corrected chi connectivity index (χ4v) is 3.01. The number of anilines is 1. The minimum absolute atomic E-state index is 1.19. The Kier molecular flexibility index (Phi) is 4.21. The molecule has 1 heterocycles. The summed E-state index contributed by atoms with van der Waals surface area (Å²) >= 11 is 1.88. The third-order valence-corrected chi connectivity index (χ3v) is 4.11. The van der Waals surface area contributed by atoms with Crippen LogP contribution in [0.2, 0.25) is 0 Å². The Bertz CT molecular complexity index is 459. The molecule has 1 aromatic heterocycles. The molecule has 0 aliphatic carbocycles. The van der Waals surface area contributed by atoms with Crippen LogP contribution >= 0.6 is 11.3 Å². The van der Waals surface area contributed by atoms with Crippen molar-refractivity contribution in [3.63, 3.8) is 0 Å². The van der Waals surface area contributed by atoms with Crippen molar-refractivity contribution < 1.29 is 0 Å². The first-order chi connectivity index (χ1) is 8.35. The molecule has 2 aromatic rings. The van der Waals surface area contributed by atoms with E-state index in [4.69, 9.17) is 0 Å². The molecule has 0 aliphatic rings. The topological polar surface area (TPSA) is 12.0 Å². The first-order valence-electron chi connectivity index (χ1n) is 6.21. The van der Waals surface area contributed by atoms with E-state index in [0.717, 1.165) is 0 Å². The molecule has 0 radical (unpaired) electrons. The van der Waals surface area contributed by atoms with E-state index in [0.29, 0.717) is 0 Å². The highest BCUT2D eigenvalue weighted by atomic mass is 32.1. The Morgan fingerprint density at radius 3 is 2.59 bits per heavy atom. The highest BCUT2D eigenvalue weighted by molar-refractivity contribution is 7.16. The highest BCUT2D eigenvalue weighted by Gasteiger charge is 2.09. The van der Waals surface area contributed by atoms with Gasteiger partial charge in [-0.25, -0.2) is 0 Å². The van der Waals surface area contributed by atoms with Gasteiger partial charge in [0, 0.05) is 11.9 Å². The van der Waals surface area contributed by atoms with Crippen molar-refractivity contribution in [1.29, 1.82) is 0 Å². The van der Waals surface area contributed by atoms with Crippen molar-refractivity contribution in [3.8, 4) is 11.1 Å². The van der Waals surface area contributed by atoms with E-state index in [1.807, 2.05) is 18.4 Å². The lowest BCUT2D eigenvalue weighted by Gasteiger charge is -2.02. The zero-order valence-electron chi connectivity index (χ0n) is 10.5. The number of hydrogen-bond acceptors (Lipinski definition) is 2. The van der Waals surface area contributed by atoms with Crippen molar-refractivity contribution in [2.45, 2.75) is 26.2 Å². The van der Waals surface area contributed by atoms with E-state index in [-0.39, 0.29) is 0 Å². The fourth-order valence-electron chi connectivity index (χ4n) is 1.94. The summed E-state index contributed by atoms with van der Waals surface area (Å²) in [5.74, 6) is 0. The monoisotopic (exact) mass is 245 g/mol. The van der Waals surface area contributed by atoms with Crippen molar-refractivity contribution in [1.82, 2.24) is 0 Å². The van der Waals surface area contributed by atoms with Crippen LogP contribution in [-0.4, -0.2) is 7.05 Å². The average Bonchev–Trinajstić information content (AvgIpc) is 2.80. The Balaban J connectivity index is 2.34. The molecule has 0 fully saturated rings. The number of nitrogens with one attached hydrogen (secondary N) is 1. The summed E-state index contributed by atoms with van der Waals surface area (Å²) in [5, 5.41) is 4.51. The van der Waals surface area contributed by atoms with E-state index < -0.39 is 0 Å². The Labute approximate surface area is 108 Å². The Morgan fingerprint density at radius 2 is 1.94 bits per heavy atom. The molecule has 0 unspecified atom stereocenters. The molecule has 0 spiro atoms. The normalized spacial score (nSPS) is 10.5. The summed E-state index contributed by atoms with van der Waals surface area (Å²) in [5.41, 5.74) is 2.73. The molecule has 0 saturated carbocycles. The van der Waals surface area contributed by atoms with Gasteiger partial charge in [-0.3, -0.25) is 0 Å². The number of unbranched alkanes of at least 4 members (excludes halogenated alkanes) is 1. The number of benzene rings is 1. The molecule has 1 aromatic carbocycles. The summed E-state index contributed by atoms with van der Waals surface area (Å²) in [4.78, 5) is 1.50. The second kappa shape index (κ2) is 5.87. The summed E-state index contributed by atoms with van der Waals surface area (Å²) in [6.07, 6.45) is 3.71. The minimum atomic E-state index is 1.19. The predicted molar refractivity (Wildman–Crippen MR) is 77.9 cm³/mol. The molecule has 1 nitrogen and oxygen atoms in total. The van der Waals surface area contributed by atoms with Crippen LogP contribution in [0.15, 0.2) is 36.4 Å². The molecule has 2 rings (SSSR count). The third kappa shape index (κ3) is 2.89. The van der Waals surface area contributed by atoms with Crippen molar-refractivity contribution >= 4 is 16.3 Å². The molecule has 1 N–H and O–H groups in total. The molecule has 90 valence electrons. The second-order valence-electron chi connectivity index (χ2n) is 4.17. The van der Waals surface area contributed by atoms with E-state index in [1.54, 1.807) is 0 Å². The zero-order chi connectivity index (χ0) is 12.1. The van der Waals surface area contributed by atoms with Crippen LogP contribution in [0.3, 0.4) is 0 Å². The first-order valence-corrected chi connectivity index (χ1v) is 7.02. The molecule has 0 bridgehead atoms. The first kappa shape index (κ1) is 12.2. The molecule has 0 saturated heterocycles. The number of hydrogen-bond donors (Lipinski definition) is 1. The molecule has 0 aliphatic heterocycles. The van der Waals surface area contributed by atoms with Crippen molar-refractivity contribution in [2.75, 3.05) is 12.4 Å². The van der Waals surface area contributed by atoms with Gasteiger partial charge in [-0.05, 0) is 30.0 Å². The van der Waals surface area contributed by atoms with Gasteiger partial charge in [0.1, 0.15) is 0 Å².